The van der Waals surface area contributed by atoms with Gasteiger partial charge >= 0.3 is 6.09 Å². The van der Waals surface area contributed by atoms with Crippen molar-refractivity contribution in [3.05, 3.63) is 71.9 Å². The van der Waals surface area contributed by atoms with E-state index in [9.17, 15) is 19.2 Å². The highest BCUT2D eigenvalue weighted by atomic mass is 16.6. The van der Waals surface area contributed by atoms with Gasteiger partial charge in [0.15, 0.2) is 0 Å². The molecule has 1 unspecified atom stereocenters. The van der Waals surface area contributed by atoms with Crippen LogP contribution in [0.5, 0.6) is 0 Å². The molecule has 0 bridgehead atoms. The largest absolute Gasteiger partial charge is 0.444 e. The van der Waals surface area contributed by atoms with Gasteiger partial charge in [-0.15, -0.1) is 0 Å². The van der Waals surface area contributed by atoms with Gasteiger partial charge in [0.05, 0.1) is 0 Å². The van der Waals surface area contributed by atoms with Crippen molar-refractivity contribution >= 4 is 34.7 Å². The van der Waals surface area contributed by atoms with Gasteiger partial charge in [-0.25, -0.2) is 4.79 Å². The number of para-hydroxylation sites is 1. The number of likely N-dealkylation sites (tertiary alicyclic amines) is 1. The molecule has 10 heteroatoms. The minimum Gasteiger partial charge on any atom is -0.444 e. The Morgan fingerprint density at radius 1 is 1.00 bits per heavy atom. The van der Waals surface area contributed by atoms with Crippen LogP contribution in [-0.4, -0.2) is 70.5 Å². The second-order valence-electron chi connectivity index (χ2n) is 13.8. The van der Waals surface area contributed by atoms with Crippen molar-refractivity contribution in [3.8, 4) is 0 Å². The minimum absolute atomic E-state index is 0.116. The second-order valence-corrected chi connectivity index (χ2v) is 13.8. The van der Waals surface area contributed by atoms with E-state index in [0.717, 1.165) is 34.9 Å². The molecule has 1 saturated heterocycles. The van der Waals surface area contributed by atoms with E-state index in [1.54, 1.807) is 34.6 Å². The number of hydrogen-bond acceptors (Lipinski definition) is 5. The molecule has 1 aliphatic heterocycles. The summed E-state index contributed by atoms with van der Waals surface area (Å²) in [6.45, 7) is 11.3. The van der Waals surface area contributed by atoms with E-state index in [0.29, 0.717) is 26.1 Å². The topological polar surface area (TPSA) is 133 Å². The van der Waals surface area contributed by atoms with Crippen molar-refractivity contribution in [3.63, 3.8) is 0 Å². The monoisotopic (exact) mass is 617 g/mol. The number of piperidine rings is 1. The van der Waals surface area contributed by atoms with Crippen molar-refractivity contribution < 1.29 is 23.9 Å². The Morgan fingerprint density at radius 2 is 1.69 bits per heavy atom. The maximum absolute atomic E-state index is 14.4. The van der Waals surface area contributed by atoms with Crippen molar-refractivity contribution in [2.45, 2.75) is 84.4 Å². The fourth-order valence-electron chi connectivity index (χ4n) is 5.98. The summed E-state index contributed by atoms with van der Waals surface area (Å²) in [5.41, 5.74) is 0.512. The third kappa shape index (κ3) is 9.09. The van der Waals surface area contributed by atoms with Crippen LogP contribution in [0.2, 0.25) is 0 Å². The fraction of sp³-hybridized carbons (Fsp3) is 0.486. The molecule has 0 radical (unpaired) electrons. The van der Waals surface area contributed by atoms with Crippen LogP contribution < -0.4 is 16.0 Å². The predicted octanol–water partition coefficient (Wildman–Crippen LogP) is 4.49. The van der Waals surface area contributed by atoms with Crippen LogP contribution >= 0.6 is 0 Å². The van der Waals surface area contributed by atoms with Crippen molar-refractivity contribution in [2.24, 2.45) is 5.41 Å². The number of ether oxygens (including phenoxy) is 1. The van der Waals surface area contributed by atoms with Gasteiger partial charge in [-0.2, -0.15) is 0 Å². The normalized spacial score (nSPS) is 17.8. The average Bonchev–Trinajstić information content (AvgIpc) is 3.37. The molecule has 1 aromatic heterocycles. The molecule has 4 amide bonds. The van der Waals surface area contributed by atoms with Crippen LogP contribution in [0.1, 0.15) is 65.5 Å². The number of aromatic nitrogens is 1. The van der Waals surface area contributed by atoms with E-state index in [2.05, 4.69) is 33.1 Å². The summed E-state index contributed by atoms with van der Waals surface area (Å²) < 4.78 is 5.38. The fourth-order valence-corrected chi connectivity index (χ4v) is 5.98. The number of carbonyl (C=O) groups is 4. The van der Waals surface area contributed by atoms with E-state index >= 15 is 0 Å². The predicted molar refractivity (Wildman–Crippen MR) is 174 cm³/mol. The molecule has 4 N–H and O–H groups in total. The molecule has 10 nitrogen and oxygen atoms in total. The number of aromatic amines is 1. The van der Waals surface area contributed by atoms with E-state index in [-0.39, 0.29) is 23.7 Å². The average molecular weight is 618 g/mol. The zero-order valence-corrected chi connectivity index (χ0v) is 27.3. The van der Waals surface area contributed by atoms with Gasteiger partial charge in [0.1, 0.15) is 17.2 Å². The smallest absolute Gasteiger partial charge is 0.408 e. The van der Waals surface area contributed by atoms with E-state index < -0.39 is 29.2 Å². The highest BCUT2D eigenvalue weighted by molar-refractivity contribution is 5.94. The van der Waals surface area contributed by atoms with Gasteiger partial charge in [-0.1, -0.05) is 48.5 Å². The highest BCUT2D eigenvalue weighted by Gasteiger charge is 2.41. The van der Waals surface area contributed by atoms with E-state index in [1.165, 1.54) is 6.92 Å². The molecule has 2 atom stereocenters. The minimum atomic E-state index is -1.36. The van der Waals surface area contributed by atoms with Gasteiger partial charge in [0.2, 0.25) is 17.7 Å². The van der Waals surface area contributed by atoms with Crippen LogP contribution in [0.25, 0.3) is 10.9 Å². The summed E-state index contributed by atoms with van der Waals surface area (Å²) in [6.07, 6.45) is 3.71. The van der Waals surface area contributed by atoms with Crippen LogP contribution in [0.4, 0.5) is 4.79 Å². The Kier molecular flexibility index (Phi) is 10.3. The Labute approximate surface area is 265 Å². The van der Waals surface area contributed by atoms with E-state index in [1.807, 2.05) is 53.6 Å². The van der Waals surface area contributed by atoms with Gasteiger partial charge in [0, 0.05) is 55.5 Å². The number of H-pyrrole nitrogens is 1. The number of hydrogen-bond donors (Lipinski definition) is 4. The maximum atomic E-state index is 14.4. The number of alkyl carbamates (subject to hydrolysis) is 1. The van der Waals surface area contributed by atoms with Gasteiger partial charge in [-0.05, 0) is 71.1 Å². The molecule has 1 aliphatic rings. The van der Waals surface area contributed by atoms with Crippen molar-refractivity contribution in [1.82, 2.24) is 25.8 Å². The molecular weight excluding hydrogens is 570 g/mol. The Morgan fingerprint density at radius 3 is 2.38 bits per heavy atom. The second kappa shape index (κ2) is 13.7. The Bertz CT molecular complexity index is 1510. The Hall–Kier alpha value is -4.34. The third-order valence-corrected chi connectivity index (χ3v) is 8.19. The first kappa shape index (κ1) is 33.6. The van der Waals surface area contributed by atoms with Gasteiger partial charge in [0.25, 0.3) is 0 Å². The number of carbonyl (C=O) groups excluding carboxylic acids is 4. The zero-order chi connectivity index (χ0) is 32.8. The molecule has 2 aromatic carbocycles. The SMILES string of the molecule is CC(=O)NCC1(Cc2ccccc2)CCCN(C(=O)[C@@H](Cc2c[nH]c3ccccc23)NC(=O)C(C)(C)NC(=O)OC(C)(C)C)C1. The molecule has 0 saturated carbocycles. The Balaban J connectivity index is 1.61. The molecule has 0 aliphatic carbocycles. The maximum Gasteiger partial charge on any atom is 0.408 e. The molecule has 2 heterocycles. The summed E-state index contributed by atoms with van der Waals surface area (Å²) in [7, 11) is 0. The van der Waals surface area contributed by atoms with Crippen molar-refractivity contribution in [1.29, 1.82) is 0 Å². The highest BCUT2D eigenvalue weighted by Crippen LogP contribution is 2.34. The summed E-state index contributed by atoms with van der Waals surface area (Å²) in [5, 5.41) is 9.59. The first-order valence-corrected chi connectivity index (χ1v) is 15.6. The molecule has 0 spiro atoms. The first-order valence-electron chi connectivity index (χ1n) is 15.6. The van der Waals surface area contributed by atoms with Crippen LogP contribution in [0.15, 0.2) is 60.8 Å². The van der Waals surface area contributed by atoms with Crippen LogP contribution in [0.3, 0.4) is 0 Å². The number of fused-ring (bicyclic) bond motifs is 1. The lowest BCUT2D eigenvalue weighted by Gasteiger charge is -2.44. The van der Waals surface area contributed by atoms with Gasteiger partial charge in [-0.3, -0.25) is 14.4 Å². The molecule has 45 heavy (non-hydrogen) atoms. The molecule has 3 aromatic rings. The number of nitrogens with zero attached hydrogens (tertiary/aromatic N) is 1. The van der Waals surface area contributed by atoms with E-state index in [4.69, 9.17) is 4.74 Å². The number of rotatable bonds is 10. The first-order chi connectivity index (χ1) is 21.2. The molecular formula is C35H47N5O5. The van der Waals surface area contributed by atoms with Gasteiger partial charge < -0.3 is 30.6 Å². The summed E-state index contributed by atoms with van der Waals surface area (Å²) >= 11 is 0. The molecule has 4 rings (SSSR count). The lowest BCUT2D eigenvalue weighted by Crippen LogP contribution is -2.61. The quantitative estimate of drug-likeness (QED) is 0.266. The number of nitrogens with one attached hydrogen (secondary N) is 4. The lowest BCUT2D eigenvalue weighted by molar-refractivity contribution is -0.140. The number of benzene rings is 2. The van der Waals surface area contributed by atoms with Crippen molar-refractivity contribution in [2.75, 3.05) is 19.6 Å². The number of amides is 4. The zero-order valence-electron chi connectivity index (χ0n) is 27.3. The lowest BCUT2D eigenvalue weighted by atomic mass is 9.74. The van der Waals surface area contributed by atoms with Crippen LogP contribution in [0, 0.1) is 5.41 Å². The molecule has 1 fully saturated rings. The summed E-state index contributed by atoms with van der Waals surface area (Å²) in [5.74, 6) is -0.825. The standard InChI is InChI=1S/C35H47N5O5/c1-24(41)37-22-35(20-25-13-8-7-9-14-25)17-12-18-40(23-35)30(42)29(19-26-21-36-28-16-11-10-15-27(26)28)38-31(43)34(5,6)39-32(44)45-33(2,3)4/h7-11,13-16,21,29,36H,12,17-20,22-23H2,1-6H3,(H,37,41)(H,38,43)(H,39,44)/t29-,35?/m1/s1. The van der Waals surface area contributed by atoms with Crippen LogP contribution in [-0.2, 0) is 32.0 Å². The molecule has 242 valence electrons. The summed E-state index contributed by atoms with van der Waals surface area (Å²) in [4.78, 5) is 57.7. The third-order valence-electron chi connectivity index (χ3n) is 8.19. The summed E-state index contributed by atoms with van der Waals surface area (Å²) in [6, 6.07) is 17.0.